The van der Waals surface area contributed by atoms with Crippen LogP contribution in [0.25, 0.3) is 0 Å². The summed E-state index contributed by atoms with van der Waals surface area (Å²) in [6.07, 6.45) is 0. The van der Waals surface area contributed by atoms with E-state index in [-0.39, 0.29) is 13.2 Å². The molecule has 0 atom stereocenters. The van der Waals surface area contributed by atoms with Crippen molar-refractivity contribution in [3.05, 3.63) is 56.5 Å². The van der Waals surface area contributed by atoms with Crippen molar-refractivity contribution in [1.82, 2.24) is 5.32 Å². The molecule has 0 bridgehead atoms. The summed E-state index contributed by atoms with van der Waals surface area (Å²) in [6, 6.07) is 9.02. The molecular formula is C20H24Cl3NO4. The zero-order valence-corrected chi connectivity index (χ0v) is 17.9. The van der Waals surface area contributed by atoms with Crippen molar-refractivity contribution in [3.63, 3.8) is 0 Å². The Balaban J connectivity index is 2.05. The van der Waals surface area contributed by atoms with E-state index in [0.29, 0.717) is 65.0 Å². The fraction of sp³-hybridized carbons (Fsp3) is 0.400. The van der Waals surface area contributed by atoms with Crippen LogP contribution >= 0.6 is 34.8 Å². The average molecular weight is 449 g/mol. The minimum atomic E-state index is 0.0220. The Kier molecular flexibility index (Phi) is 10.2. The fourth-order valence-electron chi connectivity index (χ4n) is 2.48. The summed E-state index contributed by atoms with van der Waals surface area (Å²) >= 11 is 18.9. The van der Waals surface area contributed by atoms with Crippen LogP contribution in [0.5, 0.6) is 11.5 Å². The summed E-state index contributed by atoms with van der Waals surface area (Å²) in [5, 5.41) is 13.5. The SMILES string of the molecule is CCOc1cc(CNCCOCCO)cc(Cl)c1OCc1c(Cl)cccc1Cl. The molecule has 2 aromatic rings. The maximum absolute atomic E-state index is 8.68. The number of hydrogen-bond acceptors (Lipinski definition) is 5. The first-order chi connectivity index (χ1) is 13.6. The molecule has 2 N–H and O–H groups in total. The second-order valence-corrected chi connectivity index (χ2v) is 7.06. The van der Waals surface area contributed by atoms with E-state index in [0.717, 1.165) is 5.56 Å². The van der Waals surface area contributed by atoms with Gasteiger partial charge in [0.05, 0.1) is 31.5 Å². The van der Waals surface area contributed by atoms with Crippen LogP contribution in [0.3, 0.4) is 0 Å². The molecule has 2 aromatic carbocycles. The Morgan fingerprint density at radius 2 is 1.75 bits per heavy atom. The Hall–Kier alpha value is -1.21. The molecule has 28 heavy (non-hydrogen) atoms. The van der Waals surface area contributed by atoms with Crippen LogP contribution in [0, 0.1) is 0 Å². The van der Waals surface area contributed by atoms with Crippen LogP contribution in [0.4, 0.5) is 0 Å². The molecular weight excluding hydrogens is 425 g/mol. The second kappa shape index (κ2) is 12.4. The number of hydrogen-bond donors (Lipinski definition) is 2. The van der Waals surface area contributed by atoms with Crippen LogP contribution in [0.2, 0.25) is 15.1 Å². The lowest BCUT2D eigenvalue weighted by molar-refractivity contribution is 0.0938. The molecule has 0 aliphatic rings. The Morgan fingerprint density at radius 1 is 1.00 bits per heavy atom. The van der Waals surface area contributed by atoms with E-state index in [2.05, 4.69) is 5.32 Å². The van der Waals surface area contributed by atoms with E-state index in [1.54, 1.807) is 18.2 Å². The maximum Gasteiger partial charge on any atom is 0.180 e. The quantitative estimate of drug-likeness (QED) is 0.460. The van der Waals surface area contributed by atoms with Crippen molar-refractivity contribution < 1.29 is 19.3 Å². The van der Waals surface area contributed by atoms with Crippen molar-refractivity contribution in [2.24, 2.45) is 0 Å². The molecule has 154 valence electrons. The van der Waals surface area contributed by atoms with Gasteiger partial charge >= 0.3 is 0 Å². The van der Waals surface area contributed by atoms with Crippen molar-refractivity contribution in [3.8, 4) is 11.5 Å². The third-order valence-electron chi connectivity index (χ3n) is 3.78. The highest BCUT2D eigenvalue weighted by molar-refractivity contribution is 6.36. The van der Waals surface area contributed by atoms with Crippen LogP contribution in [0.15, 0.2) is 30.3 Å². The van der Waals surface area contributed by atoms with Crippen LogP contribution in [0.1, 0.15) is 18.1 Å². The van der Waals surface area contributed by atoms with Gasteiger partial charge in [0.2, 0.25) is 0 Å². The van der Waals surface area contributed by atoms with Gasteiger partial charge in [0.25, 0.3) is 0 Å². The van der Waals surface area contributed by atoms with Crippen LogP contribution < -0.4 is 14.8 Å². The molecule has 5 nitrogen and oxygen atoms in total. The number of aliphatic hydroxyl groups excluding tert-OH is 1. The zero-order chi connectivity index (χ0) is 20.4. The summed E-state index contributed by atoms with van der Waals surface area (Å²) < 4.78 is 16.8. The van der Waals surface area contributed by atoms with Crippen molar-refractivity contribution in [2.75, 3.05) is 33.0 Å². The van der Waals surface area contributed by atoms with Crippen LogP contribution in [-0.4, -0.2) is 38.1 Å². The Labute approximate surface area is 180 Å². The van der Waals surface area contributed by atoms with E-state index >= 15 is 0 Å². The molecule has 0 spiro atoms. The number of ether oxygens (including phenoxy) is 3. The number of benzene rings is 2. The number of rotatable bonds is 12. The summed E-state index contributed by atoms with van der Waals surface area (Å²) in [7, 11) is 0. The average Bonchev–Trinajstić information content (AvgIpc) is 2.66. The highest BCUT2D eigenvalue weighted by Crippen LogP contribution is 2.38. The molecule has 0 aliphatic heterocycles. The van der Waals surface area contributed by atoms with E-state index < -0.39 is 0 Å². The normalized spacial score (nSPS) is 10.9. The predicted molar refractivity (Wildman–Crippen MR) is 113 cm³/mol. The topological polar surface area (TPSA) is 60.0 Å². The van der Waals surface area contributed by atoms with E-state index in [4.69, 9.17) is 54.1 Å². The largest absolute Gasteiger partial charge is 0.490 e. The first-order valence-corrected chi connectivity index (χ1v) is 10.1. The van der Waals surface area contributed by atoms with Gasteiger partial charge in [0, 0.05) is 28.7 Å². The summed E-state index contributed by atoms with van der Waals surface area (Å²) in [5.41, 5.74) is 1.65. The van der Waals surface area contributed by atoms with E-state index in [9.17, 15) is 0 Å². The molecule has 2 rings (SSSR count). The summed E-state index contributed by atoms with van der Waals surface area (Å²) in [6.45, 7) is 4.68. The van der Waals surface area contributed by atoms with Crippen LogP contribution in [-0.2, 0) is 17.9 Å². The third kappa shape index (κ3) is 6.99. The van der Waals surface area contributed by atoms with Gasteiger partial charge in [-0.05, 0) is 36.8 Å². The lowest BCUT2D eigenvalue weighted by Gasteiger charge is -2.16. The maximum atomic E-state index is 8.68. The van der Waals surface area contributed by atoms with Gasteiger partial charge in [-0.25, -0.2) is 0 Å². The lowest BCUT2D eigenvalue weighted by atomic mass is 10.2. The minimum absolute atomic E-state index is 0.0220. The van der Waals surface area contributed by atoms with Gasteiger partial charge in [0.15, 0.2) is 11.5 Å². The van der Waals surface area contributed by atoms with Gasteiger partial charge in [-0.3, -0.25) is 0 Å². The molecule has 0 fully saturated rings. The number of nitrogens with one attached hydrogen (secondary N) is 1. The van der Waals surface area contributed by atoms with Gasteiger partial charge in [-0.1, -0.05) is 40.9 Å². The summed E-state index contributed by atoms with van der Waals surface area (Å²) in [4.78, 5) is 0. The third-order valence-corrected chi connectivity index (χ3v) is 4.77. The molecule has 0 aromatic heterocycles. The highest BCUT2D eigenvalue weighted by Gasteiger charge is 2.15. The van der Waals surface area contributed by atoms with E-state index in [1.807, 2.05) is 19.1 Å². The fourth-order valence-corrected chi connectivity index (χ4v) is 3.28. The smallest absolute Gasteiger partial charge is 0.180 e. The summed E-state index contributed by atoms with van der Waals surface area (Å²) in [5.74, 6) is 1.01. The number of aliphatic hydroxyl groups is 1. The first-order valence-electron chi connectivity index (χ1n) is 8.97. The molecule has 0 heterocycles. The number of halogens is 3. The van der Waals surface area contributed by atoms with Crippen molar-refractivity contribution in [2.45, 2.75) is 20.1 Å². The minimum Gasteiger partial charge on any atom is -0.490 e. The Bertz CT molecular complexity index is 738. The van der Waals surface area contributed by atoms with E-state index in [1.165, 1.54) is 0 Å². The van der Waals surface area contributed by atoms with Gasteiger partial charge in [0.1, 0.15) is 6.61 Å². The van der Waals surface area contributed by atoms with Crippen molar-refractivity contribution >= 4 is 34.8 Å². The zero-order valence-electron chi connectivity index (χ0n) is 15.6. The molecule has 0 radical (unpaired) electrons. The molecule has 0 saturated heterocycles. The molecule has 8 heteroatoms. The highest BCUT2D eigenvalue weighted by atomic mass is 35.5. The molecule has 0 saturated carbocycles. The lowest BCUT2D eigenvalue weighted by Crippen LogP contribution is -2.20. The predicted octanol–water partition coefficient (Wildman–Crippen LogP) is 4.72. The molecule has 0 amide bonds. The van der Waals surface area contributed by atoms with Crippen molar-refractivity contribution in [1.29, 1.82) is 0 Å². The van der Waals surface area contributed by atoms with Gasteiger partial charge in [-0.15, -0.1) is 0 Å². The first kappa shape index (κ1) is 23.1. The molecule has 0 unspecified atom stereocenters. The second-order valence-electron chi connectivity index (χ2n) is 5.84. The standard InChI is InChI=1S/C20H24Cl3NO4/c1-2-27-19-11-14(12-24-6-8-26-9-7-25)10-18(23)20(19)28-13-15-16(21)4-3-5-17(15)22/h3-5,10-11,24-25H,2,6-9,12-13H2,1H3. The Morgan fingerprint density at radius 3 is 2.43 bits per heavy atom. The monoisotopic (exact) mass is 447 g/mol. The van der Waals surface area contributed by atoms with Gasteiger partial charge < -0.3 is 24.6 Å². The van der Waals surface area contributed by atoms with Gasteiger partial charge in [-0.2, -0.15) is 0 Å². The molecule has 0 aliphatic carbocycles.